The fourth-order valence-corrected chi connectivity index (χ4v) is 6.06. The molecule has 3 N–H and O–H groups in total. The van der Waals surface area contributed by atoms with E-state index in [0.717, 1.165) is 10.1 Å². The van der Waals surface area contributed by atoms with Gasteiger partial charge in [0, 0.05) is 26.0 Å². The number of para-hydroxylation sites is 1. The van der Waals surface area contributed by atoms with Gasteiger partial charge in [-0.15, -0.1) is 0 Å². The predicted octanol–water partition coefficient (Wildman–Crippen LogP) is 2.48. The summed E-state index contributed by atoms with van der Waals surface area (Å²) in [5.74, 6) is 6.14. The molecule has 1 aromatic carbocycles. The number of aromatic nitrogens is 2. The molecular weight excluding hydrogens is 475 g/mol. The van der Waals surface area contributed by atoms with E-state index in [4.69, 9.17) is 16.6 Å². The van der Waals surface area contributed by atoms with E-state index in [1.807, 2.05) is 32.0 Å². The molecule has 0 bridgehead atoms. The number of nitrogens with zero attached hydrogens (tertiary/aromatic N) is 1. The highest BCUT2D eigenvalue weighted by molar-refractivity contribution is 7.54. The van der Waals surface area contributed by atoms with Gasteiger partial charge in [-0.3, -0.25) is 18.9 Å². The molecule has 35 heavy (non-hydrogen) atoms. The Morgan fingerprint density at radius 1 is 1.40 bits per heavy atom. The fraction of sp³-hybridized carbons (Fsp3) is 0.500. The molecule has 1 saturated heterocycles. The predicted molar refractivity (Wildman–Crippen MR) is 129 cm³/mol. The summed E-state index contributed by atoms with van der Waals surface area (Å²) in [5.41, 5.74) is -1.21. The molecule has 0 aliphatic carbocycles. The van der Waals surface area contributed by atoms with Crippen molar-refractivity contribution in [3.63, 3.8) is 0 Å². The molecule has 0 spiro atoms. The number of ether oxygens (including phenoxy) is 1. The molecule has 1 fully saturated rings. The summed E-state index contributed by atoms with van der Waals surface area (Å²) in [6.45, 7) is 3.54. The largest absolute Gasteiger partial charge is 0.424 e. The van der Waals surface area contributed by atoms with Crippen LogP contribution in [0.15, 0.2) is 40.1 Å². The van der Waals surface area contributed by atoms with E-state index in [1.54, 1.807) is 6.07 Å². The van der Waals surface area contributed by atoms with Crippen LogP contribution >= 0.6 is 7.60 Å². The van der Waals surface area contributed by atoms with Gasteiger partial charge in [0.1, 0.15) is 29.2 Å². The van der Waals surface area contributed by atoms with E-state index in [1.165, 1.54) is 13.6 Å². The summed E-state index contributed by atoms with van der Waals surface area (Å²) >= 11 is 0. The van der Waals surface area contributed by atoms with Crippen LogP contribution in [0.25, 0.3) is 0 Å². The number of aromatic amines is 1. The standard InChI is InChI=1S/C23H27N2O8P.CH4/c1-23(2)16-9-5-6-10-18(16)32-34(30,33-23)11-7-3-4-8-15-13-25(22(29)24-21(15)28)20-12-17(27)19(14-26)31-20;/h5-6,9-10,13,17,19-20,26-27H,3,7,11-12,14H2,1-2H3,(H,24,28,29);1H4/i26D;1T. The Kier molecular flexibility index (Phi) is 7.23. The molecule has 4 unspecified atom stereocenters. The van der Waals surface area contributed by atoms with Crippen LogP contribution < -0.4 is 15.8 Å². The first-order valence-corrected chi connectivity index (χ1v) is 12.7. The van der Waals surface area contributed by atoms with Gasteiger partial charge in [-0.2, -0.15) is 0 Å². The van der Waals surface area contributed by atoms with E-state index in [9.17, 15) is 19.3 Å². The first kappa shape index (κ1) is 24.0. The summed E-state index contributed by atoms with van der Waals surface area (Å²) in [4.78, 5) is 26.6. The summed E-state index contributed by atoms with van der Waals surface area (Å²) in [6.07, 6.45) is -0.232. The molecule has 0 radical (unpaired) electrons. The van der Waals surface area contributed by atoms with Crippen LogP contribution in [-0.2, 0) is 19.4 Å². The third kappa shape index (κ3) is 5.77. The van der Waals surface area contributed by atoms with Crippen molar-refractivity contribution in [1.82, 2.24) is 9.55 Å². The van der Waals surface area contributed by atoms with Gasteiger partial charge in [0.05, 0.1) is 18.9 Å². The lowest BCUT2D eigenvalue weighted by Crippen LogP contribution is -2.33. The third-order valence-corrected chi connectivity index (χ3v) is 7.82. The molecule has 190 valence electrons. The highest BCUT2D eigenvalue weighted by Crippen LogP contribution is 2.59. The lowest BCUT2D eigenvalue weighted by atomic mass is 9.98. The van der Waals surface area contributed by atoms with Crippen molar-refractivity contribution >= 4 is 7.60 Å². The molecule has 2 aliphatic rings. The Morgan fingerprint density at radius 3 is 2.94 bits per heavy atom. The molecule has 4 atom stereocenters. The van der Waals surface area contributed by atoms with Crippen molar-refractivity contribution in [2.45, 2.75) is 64.5 Å². The van der Waals surface area contributed by atoms with Crippen molar-refractivity contribution in [2.75, 3.05) is 12.8 Å². The van der Waals surface area contributed by atoms with E-state index in [2.05, 4.69) is 21.9 Å². The van der Waals surface area contributed by atoms with E-state index in [0.29, 0.717) is 18.6 Å². The maximum Gasteiger partial charge on any atom is 0.380 e. The Labute approximate surface area is 206 Å². The maximum atomic E-state index is 13.2. The normalized spacial score (nSPS) is 27.1. The van der Waals surface area contributed by atoms with Crippen LogP contribution in [-0.4, -0.2) is 46.2 Å². The zero-order valence-electron chi connectivity index (χ0n) is 21.9. The zero-order chi connectivity index (χ0) is 27.2. The van der Waals surface area contributed by atoms with Crippen LogP contribution in [0.3, 0.4) is 0 Å². The Bertz CT molecular complexity index is 1320. The van der Waals surface area contributed by atoms with Gasteiger partial charge < -0.3 is 19.5 Å². The minimum Gasteiger partial charge on any atom is -0.424 e. The quantitative estimate of drug-likeness (QED) is 0.307. The Hall–Kier alpha value is -2.67. The molecule has 2 aliphatic heterocycles. The minimum absolute atomic E-state index is 0.0507. The van der Waals surface area contributed by atoms with E-state index < -0.39 is 42.9 Å². The van der Waals surface area contributed by atoms with Crippen LogP contribution in [0.2, 0.25) is 0 Å². The number of rotatable bonds is 6. The summed E-state index contributed by atoms with van der Waals surface area (Å²) < 4.78 is 44.0. The van der Waals surface area contributed by atoms with Crippen LogP contribution in [0, 0.1) is 11.8 Å². The molecule has 4 rings (SSSR count). The van der Waals surface area contributed by atoms with Gasteiger partial charge in [0.25, 0.3) is 5.56 Å². The summed E-state index contributed by atoms with van der Waals surface area (Å²) in [6, 6.07) is 7.33. The zero-order valence-corrected chi connectivity index (χ0v) is 20.7. The van der Waals surface area contributed by atoms with Crippen LogP contribution in [0.1, 0.15) is 59.2 Å². The smallest absolute Gasteiger partial charge is 0.380 e. The minimum atomic E-state index is -3.38. The number of aliphatic hydroxyl groups is 2. The Morgan fingerprint density at radius 2 is 2.17 bits per heavy atom. The van der Waals surface area contributed by atoms with Gasteiger partial charge in [-0.1, -0.05) is 37.4 Å². The number of benzene rings is 1. The molecule has 3 heterocycles. The van der Waals surface area contributed by atoms with Crippen molar-refractivity contribution in [3.8, 4) is 17.6 Å². The lowest BCUT2D eigenvalue weighted by molar-refractivity contribution is -0.0459. The maximum absolute atomic E-state index is 13.2. The number of nitrogens with one attached hydrogen (secondary N) is 1. The summed E-state index contributed by atoms with van der Waals surface area (Å²) in [5, 5.41) is 14.3. The topological polar surface area (TPSA) is 140 Å². The van der Waals surface area contributed by atoms with Gasteiger partial charge in [-0.05, 0) is 26.3 Å². The van der Waals surface area contributed by atoms with Crippen LogP contribution in [0.5, 0.6) is 5.75 Å². The fourth-order valence-electron chi connectivity index (χ4n) is 4.04. The number of hydrogen-bond acceptors (Lipinski definition) is 8. The highest BCUT2D eigenvalue weighted by atomic mass is 31.2. The second-order valence-corrected chi connectivity index (χ2v) is 10.8. The second kappa shape index (κ2) is 10.5. The van der Waals surface area contributed by atoms with Crippen molar-refractivity contribution in [1.29, 1.82) is 1.43 Å². The van der Waals surface area contributed by atoms with Gasteiger partial charge >= 0.3 is 13.3 Å². The number of hydrogen-bond donors (Lipinski definition) is 3. The molecule has 1 aromatic heterocycles. The lowest BCUT2D eigenvalue weighted by Gasteiger charge is -2.37. The number of unbranched alkanes of at least 4 members (excludes halogenated alkanes) is 1. The SMILES string of the molecule is [2H]OCC1OC(n2cc(C#CCCCP3(=O)Oc4ccccc4C(C)(C)O3)c(=O)[nH]c2=O)CC1O.[3H]C. The number of H-pyrrole nitrogens is 1. The third-order valence-electron chi connectivity index (χ3n) is 5.74. The first-order chi connectivity index (χ1) is 17.6. The molecule has 0 amide bonds. The molecule has 0 saturated carbocycles. The van der Waals surface area contributed by atoms with E-state index in [-0.39, 0.29) is 24.8 Å². The first-order valence-electron chi connectivity index (χ1n) is 12.4. The van der Waals surface area contributed by atoms with Crippen LogP contribution in [0.4, 0.5) is 0 Å². The average molecular weight is 510 g/mol. The summed E-state index contributed by atoms with van der Waals surface area (Å²) in [7, 11) is -2.13. The van der Waals surface area contributed by atoms with Gasteiger partial charge in [0.15, 0.2) is 0 Å². The van der Waals surface area contributed by atoms with Crippen molar-refractivity contribution in [3.05, 3.63) is 62.4 Å². The molecular formula is C24H31N2O8P. The second-order valence-electron chi connectivity index (χ2n) is 8.74. The average Bonchev–Trinajstić information content (AvgIpc) is 3.21. The molecule has 11 heteroatoms. The van der Waals surface area contributed by atoms with Gasteiger partial charge in [0.2, 0.25) is 1.43 Å². The van der Waals surface area contributed by atoms with Crippen molar-refractivity contribution < 1.29 is 29.9 Å². The monoisotopic (exact) mass is 509 g/mol. The highest BCUT2D eigenvalue weighted by Gasteiger charge is 2.42. The Balaban J connectivity index is 0.00000186. The number of fused-ring (bicyclic) bond motifs is 1. The van der Waals surface area contributed by atoms with E-state index >= 15 is 0 Å². The molecule has 10 nitrogen and oxygen atoms in total. The van der Waals surface area contributed by atoms with Crippen molar-refractivity contribution in [2.24, 2.45) is 0 Å². The molecule has 2 aromatic rings. The number of aliphatic hydroxyl groups excluding tert-OH is 2. The van der Waals surface area contributed by atoms with Gasteiger partial charge in [-0.25, -0.2) is 9.36 Å².